The highest BCUT2D eigenvalue weighted by Crippen LogP contribution is 2.39. The van der Waals surface area contributed by atoms with Gasteiger partial charge in [-0.2, -0.15) is 0 Å². The Morgan fingerprint density at radius 2 is 1.88 bits per heavy atom. The molecular formula is C19H16F2O3. The smallest absolute Gasteiger partial charge is 0.311 e. The number of aryl methyl sites for hydroxylation is 1. The molecule has 0 aliphatic heterocycles. The van der Waals surface area contributed by atoms with E-state index in [1.807, 2.05) is 0 Å². The fraction of sp³-hybridized carbons (Fsp3) is 0.263. The van der Waals surface area contributed by atoms with Crippen molar-refractivity contribution in [2.75, 3.05) is 0 Å². The van der Waals surface area contributed by atoms with E-state index in [-0.39, 0.29) is 41.7 Å². The summed E-state index contributed by atoms with van der Waals surface area (Å²) in [6.45, 7) is 1.77. The van der Waals surface area contributed by atoms with Crippen LogP contribution in [0.1, 0.15) is 47.2 Å². The molecule has 0 saturated heterocycles. The van der Waals surface area contributed by atoms with Gasteiger partial charge in [-0.3, -0.25) is 9.59 Å². The summed E-state index contributed by atoms with van der Waals surface area (Å²) < 4.78 is 32.0. The minimum Gasteiger partial charge on any atom is -0.426 e. The highest BCUT2D eigenvalue weighted by molar-refractivity contribution is 6.04. The average molecular weight is 330 g/mol. The van der Waals surface area contributed by atoms with Crippen molar-refractivity contribution in [3.05, 3.63) is 64.7 Å². The molecule has 0 amide bonds. The predicted octanol–water partition coefficient (Wildman–Crippen LogP) is 4.19. The molecule has 5 heteroatoms. The molecule has 0 bridgehead atoms. The lowest BCUT2D eigenvalue weighted by Gasteiger charge is -2.10. The Kier molecular flexibility index (Phi) is 4.42. The number of Topliss-reactive ketones (excluding diaryl/α,β-unsaturated/α-hetero) is 1. The molecular weight excluding hydrogens is 314 g/mol. The van der Waals surface area contributed by atoms with Gasteiger partial charge in [-0.15, -0.1) is 0 Å². The highest BCUT2D eigenvalue weighted by Gasteiger charge is 2.33. The fourth-order valence-electron chi connectivity index (χ4n) is 2.98. The molecule has 1 aliphatic rings. The normalized spacial score (nSPS) is 16.1. The molecule has 0 fully saturated rings. The van der Waals surface area contributed by atoms with Crippen LogP contribution in [-0.2, 0) is 11.2 Å². The van der Waals surface area contributed by atoms with Crippen LogP contribution < -0.4 is 4.74 Å². The first-order valence-electron chi connectivity index (χ1n) is 7.76. The van der Waals surface area contributed by atoms with E-state index in [9.17, 15) is 18.4 Å². The zero-order valence-corrected chi connectivity index (χ0v) is 13.1. The van der Waals surface area contributed by atoms with Crippen LogP contribution in [0, 0.1) is 11.6 Å². The van der Waals surface area contributed by atoms with E-state index in [0.717, 1.165) is 5.56 Å². The minimum absolute atomic E-state index is 0.0848. The second-order valence-corrected chi connectivity index (χ2v) is 5.96. The van der Waals surface area contributed by atoms with Gasteiger partial charge in [0.2, 0.25) is 0 Å². The third-order valence-electron chi connectivity index (χ3n) is 4.17. The number of ketones is 1. The number of fused-ring (bicyclic) bond motifs is 1. The van der Waals surface area contributed by atoms with Crippen molar-refractivity contribution in [2.45, 2.75) is 32.1 Å². The second-order valence-electron chi connectivity index (χ2n) is 5.96. The van der Waals surface area contributed by atoms with Crippen molar-refractivity contribution in [3.8, 4) is 5.75 Å². The van der Waals surface area contributed by atoms with Gasteiger partial charge in [-0.1, -0.05) is 19.1 Å². The van der Waals surface area contributed by atoms with Crippen molar-refractivity contribution >= 4 is 11.8 Å². The maximum atomic E-state index is 13.9. The van der Waals surface area contributed by atoms with Gasteiger partial charge in [0.05, 0.1) is 5.56 Å². The van der Waals surface area contributed by atoms with Gasteiger partial charge in [-0.05, 0) is 42.2 Å². The zero-order valence-electron chi connectivity index (χ0n) is 13.1. The van der Waals surface area contributed by atoms with E-state index in [1.165, 1.54) is 24.3 Å². The van der Waals surface area contributed by atoms with Gasteiger partial charge in [0.25, 0.3) is 0 Å². The molecule has 1 aliphatic carbocycles. The molecule has 0 radical (unpaired) electrons. The first kappa shape index (κ1) is 16.3. The number of hydrogen-bond donors (Lipinski definition) is 0. The number of carbonyl (C=O) groups is 2. The molecule has 0 heterocycles. The zero-order chi connectivity index (χ0) is 17.3. The maximum absolute atomic E-state index is 13.9. The van der Waals surface area contributed by atoms with Crippen molar-refractivity contribution in [2.24, 2.45) is 0 Å². The average Bonchev–Trinajstić information content (AvgIpc) is 2.85. The van der Waals surface area contributed by atoms with Crippen molar-refractivity contribution < 1.29 is 23.1 Å². The molecule has 1 unspecified atom stereocenters. The lowest BCUT2D eigenvalue weighted by Crippen LogP contribution is -2.12. The van der Waals surface area contributed by atoms with Gasteiger partial charge in [0, 0.05) is 18.4 Å². The third kappa shape index (κ3) is 3.20. The number of benzene rings is 2. The van der Waals surface area contributed by atoms with Crippen LogP contribution in [0.25, 0.3) is 0 Å². The first-order valence-corrected chi connectivity index (χ1v) is 7.76. The van der Waals surface area contributed by atoms with E-state index in [4.69, 9.17) is 4.74 Å². The Labute approximate surface area is 138 Å². The summed E-state index contributed by atoms with van der Waals surface area (Å²) in [5.74, 6) is -1.61. The van der Waals surface area contributed by atoms with Crippen LogP contribution in [-0.4, -0.2) is 11.8 Å². The number of hydrogen-bond acceptors (Lipinski definition) is 3. The third-order valence-corrected chi connectivity index (χ3v) is 4.17. The number of ether oxygens (including phenoxy) is 1. The van der Waals surface area contributed by atoms with E-state index in [0.29, 0.717) is 12.0 Å². The van der Waals surface area contributed by atoms with Gasteiger partial charge < -0.3 is 4.74 Å². The Balaban J connectivity index is 1.71. The number of halogens is 2. The summed E-state index contributed by atoms with van der Waals surface area (Å²) in [6.07, 6.45) is 0.699. The second kappa shape index (κ2) is 6.51. The number of esters is 1. The van der Waals surface area contributed by atoms with Crippen LogP contribution in [0.3, 0.4) is 0 Å². The number of rotatable bonds is 4. The molecule has 0 spiro atoms. The summed E-state index contributed by atoms with van der Waals surface area (Å²) in [5.41, 5.74) is 1.31. The van der Waals surface area contributed by atoms with E-state index in [1.54, 1.807) is 19.1 Å². The Morgan fingerprint density at radius 3 is 2.58 bits per heavy atom. The standard InChI is InChI=1S/C19H16F2O3/c1-11-10-15(22)19-16(8-7-14(21)18(11)19)24-17(23)9-4-12-2-5-13(20)6-3-12/h2-3,5-8,11H,4,9-10H2,1H3. The molecule has 2 aromatic rings. The topological polar surface area (TPSA) is 43.4 Å². The van der Waals surface area contributed by atoms with Gasteiger partial charge >= 0.3 is 5.97 Å². The SMILES string of the molecule is CC1CC(=O)c2c(OC(=O)CCc3ccc(F)cc3)ccc(F)c21. The summed E-state index contributed by atoms with van der Waals surface area (Å²) >= 11 is 0. The Bertz CT molecular complexity index is 797. The quantitative estimate of drug-likeness (QED) is 0.623. The van der Waals surface area contributed by atoms with Crippen LogP contribution in [0.15, 0.2) is 36.4 Å². The Morgan fingerprint density at radius 1 is 1.17 bits per heavy atom. The van der Waals surface area contributed by atoms with Gasteiger partial charge in [-0.25, -0.2) is 8.78 Å². The first-order chi connectivity index (χ1) is 11.5. The summed E-state index contributed by atoms with van der Waals surface area (Å²) in [4.78, 5) is 24.1. The van der Waals surface area contributed by atoms with Crippen LogP contribution >= 0.6 is 0 Å². The van der Waals surface area contributed by atoms with Crippen LogP contribution in [0.4, 0.5) is 8.78 Å². The molecule has 124 valence electrons. The number of carbonyl (C=O) groups excluding carboxylic acids is 2. The van der Waals surface area contributed by atoms with Gasteiger partial charge in [0.1, 0.15) is 17.4 Å². The van der Waals surface area contributed by atoms with Crippen molar-refractivity contribution in [1.29, 1.82) is 0 Å². The monoisotopic (exact) mass is 330 g/mol. The molecule has 0 N–H and O–H groups in total. The van der Waals surface area contributed by atoms with Gasteiger partial charge in [0.15, 0.2) is 5.78 Å². The molecule has 2 aromatic carbocycles. The summed E-state index contributed by atoms with van der Waals surface area (Å²) in [6, 6.07) is 8.39. The molecule has 0 saturated carbocycles. The fourth-order valence-corrected chi connectivity index (χ4v) is 2.98. The lowest BCUT2D eigenvalue weighted by molar-refractivity contribution is -0.134. The minimum atomic E-state index is -0.513. The Hall–Kier alpha value is -2.56. The van der Waals surface area contributed by atoms with E-state index < -0.39 is 11.8 Å². The molecule has 24 heavy (non-hydrogen) atoms. The van der Waals surface area contributed by atoms with Crippen LogP contribution in [0.2, 0.25) is 0 Å². The summed E-state index contributed by atoms with van der Waals surface area (Å²) in [7, 11) is 0. The predicted molar refractivity (Wildman–Crippen MR) is 84.1 cm³/mol. The molecule has 3 rings (SSSR count). The molecule has 0 aromatic heterocycles. The summed E-state index contributed by atoms with van der Waals surface area (Å²) in [5, 5.41) is 0. The van der Waals surface area contributed by atoms with Crippen molar-refractivity contribution in [3.63, 3.8) is 0 Å². The largest absolute Gasteiger partial charge is 0.426 e. The highest BCUT2D eigenvalue weighted by atomic mass is 19.1. The lowest BCUT2D eigenvalue weighted by atomic mass is 10.0. The van der Waals surface area contributed by atoms with E-state index in [2.05, 4.69) is 0 Å². The molecule has 3 nitrogen and oxygen atoms in total. The van der Waals surface area contributed by atoms with Crippen LogP contribution in [0.5, 0.6) is 5.75 Å². The van der Waals surface area contributed by atoms with Crippen molar-refractivity contribution in [1.82, 2.24) is 0 Å². The molecule has 1 atom stereocenters. The maximum Gasteiger partial charge on any atom is 0.311 e. The van der Waals surface area contributed by atoms with E-state index >= 15 is 0 Å².